The Balaban J connectivity index is 2.25. The van der Waals surface area contributed by atoms with E-state index in [-0.39, 0.29) is 6.04 Å². The molecule has 1 aromatic heterocycles. The molecule has 0 radical (unpaired) electrons. The number of aromatic nitrogens is 1. The van der Waals surface area contributed by atoms with Gasteiger partial charge in [-0.25, -0.2) is 4.98 Å². The number of anilines is 1. The topological polar surface area (TPSA) is 24.9 Å². The average Bonchev–Trinajstić information content (AvgIpc) is 2.30. The molecule has 1 unspecified atom stereocenters. The minimum atomic E-state index is 0.239. The van der Waals surface area contributed by atoms with Crippen LogP contribution in [-0.2, 0) is 0 Å². The normalized spacial score (nSPS) is 12.3. The number of rotatable bonds is 3. The van der Waals surface area contributed by atoms with Crippen LogP contribution in [0, 0.1) is 20.8 Å². The third kappa shape index (κ3) is 3.27. The molecular formula is C16H19ClN2. The van der Waals surface area contributed by atoms with Gasteiger partial charge in [-0.15, -0.1) is 0 Å². The van der Waals surface area contributed by atoms with E-state index in [1.165, 1.54) is 22.3 Å². The van der Waals surface area contributed by atoms with Crippen molar-refractivity contribution in [3.05, 3.63) is 57.9 Å². The van der Waals surface area contributed by atoms with Crippen molar-refractivity contribution in [3.63, 3.8) is 0 Å². The third-order valence-corrected chi connectivity index (χ3v) is 3.51. The SMILES string of the molecule is Cc1cc(C)c(C(C)Nc2ccc(Cl)nc2)c(C)c1. The predicted octanol–water partition coefficient (Wildman–Crippen LogP) is 4.83. The summed E-state index contributed by atoms with van der Waals surface area (Å²) in [5, 5.41) is 3.98. The number of aryl methyl sites for hydroxylation is 3. The highest BCUT2D eigenvalue weighted by molar-refractivity contribution is 6.29. The smallest absolute Gasteiger partial charge is 0.129 e. The lowest BCUT2D eigenvalue weighted by Gasteiger charge is -2.20. The Morgan fingerprint density at radius 2 is 1.74 bits per heavy atom. The number of nitrogens with one attached hydrogen (secondary N) is 1. The van der Waals surface area contributed by atoms with Crippen molar-refractivity contribution in [2.45, 2.75) is 33.7 Å². The van der Waals surface area contributed by atoms with E-state index in [0.29, 0.717) is 5.15 Å². The Bertz CT molecular complexity index is 553. The molecule has 0 saturated heterocycles. The van der Waals surface area contributed by atoms with E-state index in [0.717, 1.165) is 5.69 Å². The van der Waals surface area contributed by atoms with Gasteiger partial charge in [-0.3, -0.25) is 0 Å². The van der Waals surface area contributed by atoms with Crippen LogP contribution < -0.4 is 5.32 Å². The minimum Gasteiger partial charge on any atom is -0.377 e. The molecule has 0 aliphatic rings. The van der Waals surface area contributed by atoms with E-state index < -0.39 is 0 Å². The molecule has 0 aliphatic heterocycles. The van der Waals surface area contributed by atoms with Gasteiger partial charge in [0.25, 0.3) is 0 Å². The summed E-state index contributed by atoms with van der Waals surface area (Å²) in [5.74, 6) is 0. The highest BCUT2D eigenvalue weighted by Crippen LogP contribution is 2.26. The molecule has 0 aliphatic carbocycles. The van der Waals surface area contributed by atoms with Crippen molar-refractivity contribution < 1.29 is 0 Å². The summed E-state index contributed by atoms with van der Waals surface area (Å²) in [4.78, 5) is 4.09. The summed E-state index contributed by atoms with van der Waals surface area (Å²) in [6, 6.07) is 8.43. The van der Waals surface area contributed by atoms with Gasteiger partial charge >= 0.3 is 0 Å². The largest absolute Gasteiger partial charge is 0.377 e. The maximum atomic E-state index is 5.79. The van der Waals surface area contributed by atoms with E-state index in [9.17, 15) is 0 Å². The molecule has 0 spiro atoms. The zero-order chi connectivity index (χ0) is 14.0. The molecule has 2 nitrogen and oxygen atoms in total. The first kappa shape index (κ1) is 13.9. The van der Waals surface area contributed by atoms with Crippen LogP contribution in [0.3, 0.4) is 0 Å². The Morgan fingerprint density at radius 1 is 1.11 bits per heavy atom. The maximum Gasteiger partial charge on any atom is 0.129 e. The molecule has 1 N–H and O–H groups in total. The number of nitrogens with zero attached hydrogens (tertiary/aromatic N) is 1. The van der Waals surface area contributed by atoms with Crippen molar-refractivity contribution >= 4 is 17.3 Å². The first-order valence-electron chi connectivity index (χ1n) is 6.43. The lowest BCUT2D eigenvalue weighted by atomic mass is 9.95. The van der Waals surface area contributed by atoms with Crippen molar-refractivity contribution in [3.8, 4) is 0 Å². The number of halogens is 1. The fraction of sp³-hybridized carbons (Fsp3) is 0.312. The fourth-order valence-corrected chi connectivity index (χ4v) is 2.77. The van der Waals surface area contributed by atoms with E-state index in [1.54, 1.807) is 12.3 Å². The average molecular weight is 275 g/mol. The molecule has 100 valence electrons. The summed E-state index contributed by atoms with van der Waals surface area (Å²) < 4.78 is 0. The quantitative estimate of drug-likeness (QED) is 0.811. The van der Waals surface area contributed by atoms with Crippen molar-refractivity contribution in [2.24, 2.45) is 0 Å². The Morgan fingerprint density at radius 3 is 2.26 bits per heavy atom. The third-order valence-electron chi connectivity index (χ3n) is 3.28. The Kier molecular flexibility index (Phi) is 4.11. The summed E-state index contributed by atoms with van der Waals surface area (Å²) >= 11 is 5.79. The van der Waals surface area contributed by atoms with E-state index in [2.05, 4.69) is 50.1 Å². The number of hydrogen-bond donors (Lipinski definition) is 1. The second-order valence-corrected chi connectivity index (χ2v) is 5.44. The molecule has 1 heterocycles. The van der Waals surface area contributed by atoms with Crippen molar-refractivity contribution in [1.82, 2.24) is 4.98 Å². The lowest BCUT2D eigenvalue weighted by molar-refractivity contribution is 0.860. The maximum absolute atomic E-state index is 5.79. The molecule has 3 heteroatoms. The molecule has 0 bridgehead atoms. The van der Waals surface area contributed by atoms with Gasteiger partial charge in [-0.05, 0) is 56.5 Å². The zero-order valence-corrected chi connectivity index (χ0v) is 12.5. The highest BCUT2D eigenvalue weighted by atomic mass is 35.5. The van der Waals surface area contributed by atoms with Crippen molar-refractivity contribution in [2.75, 3.05) is 5.32 Å². The molecule has 0 amide bonds. The molecule has 0 fully saturated rings. The van der Waals surface area contributed by atoms with Crippen LogP contribution in [-0.4, -0.2) is 4.98 Å². The van der Waals surface area contributed by atoms with Gasteiger partial charge in [-0.2, -0.15) is 0 Å². The van der Waals surface area contributed by atoms with E-state index >= 15 is 0 Å². The predicted molar refractivity (Wildman–Crippen MR) is 81.9 cm³/mol. The van der Waals surface area contributed by atoms with Crippen LogP contribution >= 0.6 is 11.6 Å². The molecular weight excluding hydrogens is 256 g/mol. The minimum absolute atomic E-state index is 0.239. The van der Waals surface area contributed by atoms with Crippen LogP contribution in [0.15, 0.2) is 30.5 Å². The first-order chi connectivity index (χ1) is 8.97. The van der Waals surface area contributed by atoms with E-state index in [4.69, 9.17) is 11.6 Å². The molecule has 19 heavy (non-hydrogen) atoms. The number of benzene rings is 1. The fourth-order valence-electron chi connectivity index (χ4n) is 2.66. The van der Waals surface area contributed by atoms with Crippen LogP contribution in [0.2, 0.25) is 5.15 Å². The second-order valence-electron chi connectivity index (χ2n) is 5.05. The van der Waals surface area contributed by atoms with Gasteiger partial charge in [0.05, 0.1) is 11.9 Å². The van der Waals surface area contributed by atoms with E-state index in [1.807, 2.05) is 6.07 Å². The molecule has 2 aromatic rings. The Labute approximate surface area is 119 Å². The number of hydrogen-bond acceptors (Lipinski definition) is 2. The lowest BCUT2D eigenvalue weighted by Crippen LogP contribution is -2.10. The van der Waals surface area contributed by atoms with Gasteiger partial charge < -0.3 is 5.32 Å². The monoisotopic (exact) mass is 274 g/mol. The number of pyridine rings is 1. The van der Waals surface area contributed by atoms with Crippen LogP contribution in [0.5, 0.6) is 0 Å². The summed E-state index contributed by atoms with van der Waals surface area (Å²) in [5.41, 5.74) is 6.27. The van der Waals surface area contributed by atoms with Crippen LogP contribution in [0.1, 0.15) is 35.2 Å². The van der Waals surface area contributed by atoms with Gasteiger partial charge in [-0.1, -0.05) is 29.3 Å². The molecule has 2 rings (SSSR count). The summed E-state index contributed by atoms with van der Waals surface area (Å²) in [6.07, 6.45) is 1.76. The van der Waals surface area contributed by atoms with Gasteiger partial charge in [0, 0.05) is 6.04 Å². The summed E-state index contributed by atoms with van der Waals surface area (Å²) in [7, 11) is 0. The highest BCUT2D eigenvalue weighted by Gasteiger charge is 2.12. The second kappa shape index (κ2) is 5.62. The standard InChI is InChI=1S/C16H19ClN2/c1-10-7-11(2)16(12(3)8-10)13(4)19-14-5-6-15(17)18-9-14/h5-9,13,19H,1-4H3. The van der Waals surface area contributed by atoms with Gasteiger partial charge in [0.1, 0.15) is 5.15 Å². The molecule has 1 atom stereocenters. The molecule has 1 aromatic carbocycles. The zero-order valence-electron chi connectivity index (χ0n) is 11.8. The molecule has 0 saturated carbocycles. The van der Waals surface area contributed by atoms with Crippen LogP contribution in [0.25, 0.3) is 0 Å². The van der Waals surface area contributed by atoms with Crippen molar-refractivity contribution in [1.29, 1.82) is 0 Å². The first-order valence-corrected chi connectivity index (χ1v) is 6.81. The van der Waals surface area contributed by atoms with Crippen LogP contribution in [0.4, 0.5) is 5.69 Å². The van der Waals surface area contributed by atoms with Gasteiger partial charge in [0.2, 0.25) is 0 Å². The van der Waals surface area contributed by atoms with Gasteiger partial charge in [0.15, 0.2) is 0 Å². The summed E-state index contributed by atoms with van der Waals surface area (Å²) in [6.45, 7) is 8.62. The Hall–Kier alpha value is -1.54.